The number of ether oxygens (including phenoxy) is 1. The first-order valence-electron chi connectivity index (χ1n) is 8.62. The van der Waals surface area contributed by atoms with Gasteiger partial charge in [-0.25, -0.2) is 9.97 Å². The minimum Gasteiger partial charge on any atom is -0.381 e. The average molecular weight is 332 g/mol. The molecule has 1 N–H and O–H groups in total. The molecule has 0 aromatic carbocycles. The minimum atomic E-state index is 0.0930. The van der Waals surface area contributed by atoms with Crippen molar-refractivity contribution in [3.8, 4) is 0 Å². The van der Waals surface area contributed by atoms with Crippen LogP contribution in [-0.4, -0.2) is 64.0 Å². The van der Waals surface area contributed by atoms with E-state index in [1.165, 1.54) is 0 Å². The van der Waals surface area contributed by atoms with Crippen molar-refractivity contribution in [3.05, 3.63) is 12.0 Å². The SMILES string of the molecule is CC(C)c1nc(NCC2(N(C)C)CCOCC2)c2cnn(C)c2n1. The maximum absolute atomic E-state index is 5.56. The lowest BCUT2D eigenvalue weighted by Gasteiger charge is -2.43. The summed E-state index contributed by atoms with van der Waals surface area (Å²) in [6.45, 7) is 6.68. The Morgan fingerprint density at radius 2 is 2.00 bits per heavy atom. The maximum Gasteiger partial charge on any atom is 0.163 e. The number of aromatic nitrogens is 4. The second-order valence-corrected chi connectivity index (χ2v) is 7.18. The Balaban J connectivity index is 1.91. The Morgan fingerprint density at radius 1 is 1.29 bits per heavy atom. The second kappa shape index (κ2) is 6.64. The molecule has 0 spiro atoms. The number of anilines is 1. The molecule has 0 aliphatic carbocycles. The number of nitrogens with zero attached hydrogens (tertiary/aromatic N) is 5. The lowest BCUT2D eigenvalue weighted by atomic mass is 9.88. The van der Waals surface area contributed by atoms with Crippen LogP contribution in [0, 0.1) is 0 Å². The van der Waals surface area contributed by atoms with Crippen LogP contribution in [0.25, 0.3) is 11.0 Å². The Kier molecular flexibility index (Phi) is 4.73. The molecule has 24 heavy (non-hydrogen) atoms. The molecule has 1 aliphatic heterocycles. The molecule has 3 heterocycles. The zero-order valence-electron chi connectivity index (χ0n) is 15.3. The smallest absolute Gasteiger partial charge is 0.163 e. The van der Waals surface area contributed by atoms with Crippen molar-refractivity contribution in [3.63, 3.8) is 0 Å². The van der Waals surface area contributed by atoms with Crippen molar-refractivity contribution in [1.29, 1.82) is 0 Å². The molecule has 1 saturated heterocycles. The molecule has 2 aromatic heterocycles. The molecule has 0 radical (unpaired) electrons. The van der Waals surface area contributed by atoms with Gasteiger partial charge in [-0.2, -0.15) is 5.10 Å². The number of likely N-dealkylation sites (N-methyl/N-ethyl adjacent to an activating group) is 1. The van der Waals surface area contributed by atoms with Crippen molar-refractivity contribution in [2.45, 2.75) is 38.1 Å². The largest absolute Gasteiger partial charge is 0.381 e. The monoisotopic (exact) mass is 332 g/mol. The van der Waals surface area contributed by atoms with E-state index in [0.717, 1.165) is 55.3 Å². The van der Waals surface area contributed by atoms with Crippen LogP contribution in [0.15, 0.2) is 6.20 Å². The molecule has 0 unspecified atom stereocenters. The molecule has 0 atom stereocenters. The van der Waals surface area contributed by atoms with Gasteiger partial charge in [-0.1, -0.05) is 13.8 Å². The molecule has 1 fully saturated rings. The summed E-state index contributed by atoms with van der Waals surface area (Å²) in [5.41, 5.74) is 0.970. The Bertz CT molecular complexity index is 702. The van der Waals surface area contributed by atoms with Gasteiger partial charge in [-0.3, -0.25) is 4.68 Å². The third-order valence-electron chi connectivity index (χ3n) is 5.08. The molecule has 132 valence electrons. The number of hydrogen-bond donors (Lipinski definition) is 1. The predicted octanol–water partition coefficient (Wildman–Crippen LogP) is 2.01. The molecule has 7 nitrogen and oxygen atoms in total. The maximum atomic E-state index is 5.56. The van der Waals surface area contributed by atoms with E-state index in [1.54, 1.807) is 0 Å². The van der Waals surface area contributed by atoms with E-state index in [1.807, 2.05) is 17.9 Å². The molecular formula is C17H28N6O. The van der Waals surface area contributed by atoms with Crippen molar-refractivity contribution in [2.24, 2.45) is 7.05 Å². The number of rotatable bonds is 5. The van der Waals surface area contributed by atoms with Gasteiger partial charge in [0.2, 0.25) is 0 Å². The zero-order valence-corrected chi connectivity index (χ0v) is 15.3. The van der Waals surface area contributed by atoms with E-state index in [0.29, 0.717) is 0 Å². The molecule has 2 aromatic rings. The van der Waals surface area contributed by atoms with Crippen LogP contribution in [0.4, 0.5) is 5.82 Å². The number of aryl methyl sites for hydroxylation is 1. The zero-order chi connectivity index (χ0) is 17.3. The first kappa shape index (κ1) is 17.1. The van der Waals surface area contributed by atoms with Crippen molar-refractivity contribution in [1.82, 2.24) is 24.6 Å². The predicted molar refractivity (Wildman–Crippen MR) is 95.4 cm³/mol. The van der Waals surface area contributed by atoms with Crippen molar-refractivity contribution < 1.29 is 4.74 Å². The van der Waals surface area contributed by atoms with Gasteiger partial charge in [0, 0.05) is 38.3 Å². The van der Waals surface area contributed by atoms with E-state index in [2.05, 4.69) is 48.2 Å². The fraction of sp³-hybridized carbons (Fsp3) is 0.706. The first-order valence-corrected chi connectivity index (χ1v) is 8.62. The highest BCUT2D eigenvalue weighted by molar-refractivity contribution is 5.86. The first-order chi connectivity index (χ1) is 11.4. The molecule has 7 heteroatoms. The molecule has 3 rings (SSSR count). The van der Waals surface area contributed by atoms with Gasteiger partial charge < -0.3 is 15.0 Å². The molecular weight excluding hydrogens is 304 g/mol. The molecule has 0 bridgehead atoms. The standard InChI is InChI=1S/C17H28N6O/c1-12(2)14-20-15(13-10-19-23(5)16(13)21-14)18-11-17(22(3)4)6-8-24-9-7-17/h10,12H,6-9,11H2,1-5H3,(H,18,20,21). The average Bonchev–Trinajstić information content (AvgIpc) is 2.94. The van der Waals surface area contributed by atoms with Gasteiger partial charge in [0.25, 0.3) is 0 Å². The summed E-state index contributed by atoms with van der Waals surface area (Å²) in [7, 11) is 6.21. The van der Waals surface area contributed by atoms with Crippen LogP contribution in [-0.2, 0) is 11.8 Å². The van der Waals surface area contributed by atoms with Crippen LogP contribution in [0.5, 0.6) is 0 Å². The highest BCUT2D eigenvalue weighted by Gasteiger charge is 2.35. The van der Waals surface area contributed by atoms with Gasteiger partial charge in [-0.15, -0.1) is 0 Å². The number of hydrogen-bond acceptors (Lipinski definition) is 6. The van der Waals surface area contributed by atoms with Crippen molar-refractivity contribution in [2.75, 3.05) is 39.2 Å². The topological polar surface area (TPSA) is 68.1 Å². The van der Waals surface area contributed by atoms with Gasteiger partial charge in [0.15, 0.2) is 5.65 Å². The Morgan fingerprint density at radius 3 is 2.62 bits per heavy atom. The quantitative estimate of drug-likeness (QED) is 0.903. The lowest BCUT2D eigenvalue weighted by molar-refractivity contribution is -0.000653. The van der Waals surface area contributed by atoms with Crippen LogP contribution in [0.2, 0.25) is 0 Å². The molecule has 1 aliphatic rings. The molecule has 0 amide bonds. The van der Waals surface area contributed by atoms with Gasteiger partial charge in [0.05, 0.1) is 11.6 Å². The van der Waals surface area contributed by atoms with Gasteiger partial charge >= 0.3 is 0 Å². The highest BCUT2D eigenvalue weighted by atomic mass is 16.5. The van der Waals surface area contributed by atoms with E-state index >= 15 is 0 Å². The third kappa shape index (κ3) is 3.10. The Hall–Kier alpha value is -1.73. The van der Waals surface area contributed by atoms with E-state index in [4.69, 9.17) is 9.72 Å². The lowest BCUT2D eigenvalue weighted by Crippen LogP contribution is -2.53. The summed E-state index contributed by atoms with van der Waals surface area (Å²) >= 11 is 0. The summed E-state index contributed by atoms with van der Waals surface area (Å²) < 4.78 is 7.37. The Labute approximate surface area is 143 Å². The minimum absolute atomic E-state index is 0.0930. The van der Waals surface area contributed by atoms with E-state index in [9.17, 15) is 0 Å². The molecule has 0 saturated carbocycles. The fourth-order valence-corrected chi connectivity index (χ4v) is 3.21. The van der Waals surface area contributed by atoms with Crippen LogP contribution >= 0.6 is 0 Å². The number of nitrogens with one attached hydrogen (secondary N) is 1. The third-order valence-corrected chi connectivity index (χ3v) is 5.08. The fourth-order valence-electron chi connectivity index (χ4n) is 3.21. The van der Waals surface area contributed by atoms with Gasteiger partial charge in [-0.05, 0) is 26.9 Å². The van der Waals surface area contributed by atoms with Crippen LogP contribution < -0.4 is 5.32 Å². The summed E-state index contributed by atoms with van der Waals surface area (Å²) in [6.07, 6.45) is 3.88. The van der Waals surface area contributed by atoms with Crippen LogP contribution in [0.1, 0.15) is 38.4 Å². The summed E-state index contributed by atoms with van der Waals surface area (Å²) in [5.74, 6) is 2.00. The highest BCUT2D eigenvalue weighted by Crippen LogP contribution is 2.28. The second-order valence-electron chi connectivity index (χ2n) is 7.18. The summed E-state index contributed by atoms with van der Waals surface area (Å²) in [5, 5.41) is 8.91. The number of fused-ring (bicyclic) bond motifs is 1. The summed E-state index contributed by atoms with van der Waals surface area (Å²) in [6, 6.07) is 0. The van der Waals surface area contributed by atoms with Gasteiger partial charge in [0.1, 0.15) is 11.6 Å². The van der Waals surface area contributed by atoms with Crippen molar-refractivity contribution >= 4 is 16.9 Å². The van der Waals surface area contributed by atoms with E-state index in [-0.39, 0.29) is 11.5 Å². The summed E-state index contributed by atoms with van der Waals surface area (Å²) in [4.78, 5) is 11.7. The normalized spacial score (nSPS) is 17.8. The van der Waals surface area contributed by atoms with Crippen LogP contribution in [0.3, 0.4) is 0 Å². The van der Waals surface area contributed by atoms with E-state index < -0.39 is 0 Å².